The van der Waals surface area contributed by atoms with Crippen LogP contribution in [-0.2, 0) is 13.1 Å². The molecule has 0 saturated carbocycles. The van der Waals surface area contributed by atoms with Gasteiger partial charge in [0.15, 0.2) is 23.2 Å². The van der Waals surface area contributed by atoms with Crippen LogP contribution in [0.1, 0.15) is 36.9 Å². The first-order valence-electron chi connectivity index (χ1n) is 14.0. The van der Waals surface area contributed by atoms with Crippen molar-refractivity contribution in [3.05, 3.63) is 92.0 Å². The van der Waals surface area contributed by atoms with Gasteiger partial charge in [-0.2, -0.15) is 4.39 Å². The number of anilines is 1. The van der Waals surface area contributed by atoms with E-state index in [0.717, 1.165) is 36.7 Å². The minimum atomic E-state index is -1.13. The van der Waals surface area contributed by atoms with Gasteiger partial charge in [0, 0.05) is 62.3 Å². The molecule has 11 nitrogen and oxygen atoms in total. The van der Waals surface area contributed by atoms with Crippen molar-refractivity contribution in [2.24, 2.45) is 0 Å². The van der Waals surface area contributed by atoms with Gasteiger partial charge in [-0.15, -0.1) is 0 Å². The zero-order valence-electron chi connectivity index (χ0n) is 23.7. The van der Waals surface area contributed by atoms with Crippen LogP contribution in [0, 0.1) is 21.7 Å². The van der Waals surface area contributed by atoms with Crippen molar-refractivity contribution >= 4 is 22.4 Å². The maximum absolute atomic E-state index is 14.6. The SMILES string of the molecule is COc1cc(CN(Cc2cn3c4c(c(F)c(F)cc4c2=O)OCC3C)C2CCCN(c3ccc([N+](=O)[O-])nc3)C2)ccn1. The van der Waals surface area contributed by atoms with E-state index in [2.05, 4.69) is 19.8 Å². The highest BCUT2D eigenvalue weighted by Gasteiger charge is 2.30. The third kappa shape index (κ3) is 5.47. The second-order valence-electron chi connectivity index (χ2n) is 10.9. The maximum Gasteiger partial charge on any atom is 0.363 e. The van der Waals surface area contributed by atoms with E-state index in [1.54, 1.807) is 30.1 Å². The number of rotatable bonds is 8. The molecule has 0 aliphatic carbocycles. The van der Waals surface area contributed by atoms with Crippen LogP contribution in [0.5, 0.6) is 11.6 Å². The summed E-state index contributed by atoms with van der Waals surface area (Å²) in [5.41, 5.74) is 2.03. The Bertz CT molecular complexity index is 1750. The third-order valence-electron chi connectivity index (χ3n) is 8.15. The molecular formula is C30H30F2N6O5. The highest BCUT2D eigenvalue weighted by molar-refractivity contribution is 5.86. The summed E-state index contributed by atoms with van der Waals surface area (Å²) in [6.45, 7) is 4.11. The fourth-order valence-corrected chi connectivity index (χ4v) is 5.95. The number of piperidine rings is 1. The van der Waals surface area contributed by atoms with Crippen molar-refractivity contribution in [3.8, 4) is 11.6 Å². The lowest BCUT2D eigenvalue weighted by atomic mass is 10.0. The number of halogens is 2. The number of hydrogen-bond acceptors (Lipinski definition) is 9. The monoisotopic (exact) mass is 592 g/mol. The van der Waals surface area contributed by atoms with Gasteiger partial charge in [-0.05, 0) is 53.4 Å². The molecule has 2 aliphatic rings. The number of benzene rings is 1. The molecule has 2 unspecified atom stereocenters. The van der Waals surface area contributed by atoms with Crippen molar-refractivity contribution in [2.45, 2.75) is 44.9 Å². The lowest BCUT2D eigenvalue weighted by Gasteiger charge is -2.40. The topological polar surface area (TPSA) is 116 Å². The van der Waals surface area contributed by atoms with Gasteiger partial charge in [-0.25, -0.2) is 9.37 Å². The van der Waals surface area contributed by atoms with Crippen LogP contribution in [0.4, 0.5) is 20.3 Å². The van der Waals surface area contributed by atoms with Gasteiger partial charge in [0.2, 0.25) is 11.7 Å². The molecule has 0 bridgehead atoms. The lowest BCUT2D eigenvalue weighted by Crippen LogP contribution is -2.48. The minimum absolute atomic E-state index is 0.0131. The molecule has 4 aromatic rings. The van der Waals surface area contributed by atoms with Gasteiger partial charge >= 0.3 is 5.82 Å². The van der Waals surface area contributed by atoms with E-state index in [4.69, 9.17) is 9.47 Å². The quantitative estimate of drug-likeness (QED) is 0.214. The predicted octanol–water partition coefficient (Wildman–Crippen LogP) is 4.61. The molecule has 224 valence electrons. The summed E-state index contributed by atoms with van der Waals surface area (Å²) in [7, 11) is 1.55. The van der Waals surface area contributed by atoms with Crippen molar-refractivity contribution in [1.82, 2.24) is 19.4 Å². The van der Waals surface area contributed by atoms with Gasteiger partial charge < -0.3 is 29.1 Å². The van der Waals surface area contributed by atoms with E-state index in [0.29, 0.717) is 24.5 Å². The summed E-state index contributed by atoms with van der Waals surface area (Å²) < 4.78 is 41.8. The Morgan fingerprint density at radius 1 is 1.21 bits per heavy atom. The fraction of sp³-hybridized carbons (Fsp3) is 0.367. The molecule has 0 radical (unpaired) electrons. The molecule has 6 rings (SSSR count). The summed E-state index contributed by atoms with van der Waals surface area (Å²) in [4.78, 5) is 36.9. The summed E-state index contributed by atoms with van der Waals surface area (Å²) >= 11 is 0. The second-order valence-corrected chi connectivity index (χ2v) is 10.9. The molecule has 1 aromatic carbocycles. The van der Waals surface area contributed by atoms with Crippen LogP contribution in [-0.4, -0.2) is 57.2 Å². The highest BCUT2D eigenvalue weighted by Crippen LogP contribution is 2.36. The Balaban J connectivity index is 1.38. The minimum Gasteiger partial charge on any atom is -0.486 e. The molecule has 1 fully saturated rings. The maximum atomic E-state index is 14.6. The van der Waals surface area contributed by atoms with Gasteiger partial charge in [0.25, 0.3) is 0 Å². The van der Waals surface area contributed by atoms with Gasteiger partial charge in [0.05, 0.1) is 29.7 Å². The first kappa shape index (κ1) is 28.5. The van der Waals surface area contributed by atoms with Gasteiger partial charge in [0.1, 0.15) is 6.61 Å². The molecule has 1 saturated heterocycles. The molecule has 0 N–H and O–H groups in total. The Hall–Kier alpha value is -4.65. The molecule has 13 heteroatoms. The van der Waals surface area contributed by atoms with E-state index in [1.165, 1.54) is 12.3 Å². The zero-order valence-corrected chi connectivity index (χ0v) is 23.7. The van der Waals surface area contributed by atoms with E-state index in [1.807, 2.05) is 19.1 Å². The molecule has 0 spiro atoms. The van der Waals surface area contributed by atoms with Crippen LogP contribution in [0.15, 0.2) is 53.7 Å². The summed E-state index contributed by atoms with van der Waals surface area (Å²) in [6, 6.07) is 7.56. The first-order valence-corrected chi connectivity index (χ1v) is 14.0. The molecule has 2 aliphatic heterocycles. The summed E-state index contributed by atoms with van der Waals surface area (Å²) in [5, 5.41) is 11.2. The number of methoxy groups -OCH3 is 1. The van der Waals surface area contributed by atoms with E-state index < -0.39 is 16.6 Å². The van der Waals surface area contributed by atoms with Crippen LogP contribution >= 0.6 is 0 Å². The van der Waals surface area contributed by atoms with Gasteiger partial charge in [-0.1, -0.05) is 0 Å². The van der Waals surface area contributed by atoms with Crippen molar-refractivity contribution in [1.29, 1.82) is 0 Å². The average molecular weight is 593 g/mol. The summed E-state index contributed by atoms with van der Waals surface area (Å²) in [6.07, 6.45) is 6.60. The number of nitrogens with zero attached hydrogens (tertiary/aromatic N) is 6. The first-order chi connectivity index (χ1) is 20.7. The van der Waals surface area contributed by atoms with E-state index >= 15 is 0 Å². The standard InChI is InChI=1S/C30H30F2N6O5/c1-18-17-43-30-27(32)24(31)11-23-28(30)37(18)15-20(29(23)39)14-36(13-19-7-8-33-26(10-19)42-2)22-4-3-9-35(16-22)21-5-6-25(34-12-21)38(40)41/h5-8,10-12,15,18,22H,3-4,9,13-14,16-17H2,1-2H3. The Kier molecular flexibility index (Phi) is 7.65. The number of nitro groups is 1. The van der Waals surface area contributed by atoms with Crippen molar-refractivity contribution in [2.75, 3.05) is 31.7 Å². The lowest BCUT2D eigenvalue weighted by molar-refractivity contribution is -0.389. The number of aromatic nitrogens is 3. The van der Waals surface area contributed by atoms with Crippen molar-refractivity contribution in [3.63, 3.8) is 0 Å². The van der Waals surface area contributed by atoms with Gasteiger partial charge in [-0.3, -0.25) is 9.69 Å². The molecule has 5 heterocycles. The van der Waals surface area contributed by atoms with E-state index in [-0.39, 0.29) is 53.1 Å². The van der Waals surface area contributed by atoms with Crippen molar-refractivity contribution < 1.29 is 23.2 Å². The number of pyridine rings is 3. The largest absolute Gasteiger partial charge is 0.486 e. The smallest absolute Gasteiger partial charge is 0.363 e. The fourth-order valence-electron chi connectivity index (χ4n) is 5.95. The number of ether oxygens (including phenoxy) is 2. The molecular weight excluding hydrogens is 562 g/mol. The van der Waals surface area contributed by atoms with Crippen LogP contribution in [0.25, 0.3) is 10.9 Å². The average Bonchev–Trinajstić information content (AvgIpc) is 3.02. The second kappa shape index (κ2) is 11.6. The zero-order chi connectivity index (χ0) is 30.2. The normalized spacial score (nSPS) is 18.1. The van der Waals surface area contributed by atoms with Crippen LogP contribution < -0.4 is 19.8 Å². The molecule has 3 aromatic heterocycles. The Labute approximate surface area is 245 Å². The molecule has 2 atom stereocenters. The third-order valence-corrected chi connectivity index (χ3v) is 8.15. The highest BCUT2D eigenvalue weighted by atomic mass is 19.2. The Morgan fingerprint density at radius 2 is 2.05 bits per heavy atom. The van der Waals surface area contributed by atoms with E-state index in [9.17, 15) is 23.7 Å². The molecule has 43 heavy (non-hydrogen) atoms. The van der Waals surface area contributed by atoms with Crippen LogP contribution in [0.3, 0.4) is 0 Å². The number of hydrogen-bond donors (Lipinski definition) is 0. The predicted molar refractivity (Wildman–Crippen MR) is 154 cm³/mol. The molecule has 0 amide bonds. The Morgan fingerprint density at radius 3 is 2.79 bits per heavy atom. The summed E-state index contributed by atoms with van der Waals surface area (Å²) in [5.74, 6) is -2.22. The van der Waals surface area contributed by atoms with Crippen LogP contribution in [0.2, 0.25) is 0 Å².